The van der Waals surface area contributed by atoms with Gasteiger partial charge in [0.05, 0.1) is 18.0 Å². The monoisotopic (exact) mass is 233 g/mol. The van der Waals surface area contributed by atoms with Gasteiger partial charge in [-0.1, -0.05) is 19.4 Å². The Morgan fingerprint density at radius 1 is 1.41 bits per heavy atom. The van der Waals surface area contributed by atoms with Crippen LogP contribution in [0.5, 0.6) is 0 Å². The second-order valence-electron chi connectivity index (χ2n) is 4.84. The number of rotatable bonds is 5. The zero-order valence-corrected chi connectivity index (χ0v) is 11.0. The molecule has 0 saturated heterocycles. The van der Waals surface area contributed by atoms with Gasteiger partial charge in [0.1, 0.15) is 0 Å². The van der Waals surface area contributed by atoms with E-state index in [9.17, 15) is 0 Å². The minimum Gasteiger partial charge on any atom is -0.384 e. The lowest BCUT2D eigenvalue weighted by atomic mass is 10.0. The number of unbranched alkanes of at least 4 members (excludes halogenated alkanes) is 1. The summed E-state index contributed by atoms with van der Waals surface area (Å²) in [5, 5.41) is 3.52. The molecular weight excluding hydrogens is 210 g/mol. The molecule has 2 rings (SSSR count). The van der Waals surface area contributed by atoms with Gasteiger partial charge in [-0.2, -0.15) is 0 Å². The van der Waals surface area contributed by atoms with Crippen molar-refractivity contribution in [2.75, 3.05) is 33.2 Å². The molecule has 2 aliphatic rings. The Labute approximate surface area is 104 Å². The van der Waals surface area contributed by atoms with Gasteiger partial charge in [0, 0.05) is 19.6 Å². The fourth-order valence-corrected chi connectivity index (χ4v) is 2.31. The van der Waals surface area contributed by atoms with E-state index < -0.39 is 0 Å². The van der Waals surface area contributed by atoms with E-state index in [1.54, 1.807) is 0 Å². The molecule has 1 N–H and O–H groups in total. The van der Waals surface area contributed by atoms with E-state index in [0.29, 0.717) is 0 Å². The Balaban J connectivity index is 1.96. The highest BCUT2D eigenvalue weighted by Crippen LogP contribution is 2.17. The Bertz CT molecular complexity index is 352. The molecule has 17 heavy (non-hydrogen) atoms. The van der Waals surface area contributed by atoms with Crippen LogP contribution < -0.4 is 5.32 Å². The Morgan fingerprint density at radius 3 is 3.06 bits per heavy atom. The summed E-state index contributed by atoms with van der Waals surface area (Å²) in [4.78, 5) is 6.98. The molecule has 0 aromatic rings. The maximum atomic E-state index is 4.62. The first-order valence-corrected chi connectivity index (χ1v) is 6.68. The number of allylic oxidation sites excluding steroid dienone is 1. The number of nitrogens with zero attached hydrogens (tertiary/aromatic N) is 2. The van der Waals surface area contributed by atoms with Gasteiger partial charge in [-0.3, -0.25) is 4.99 Å². The van der Waals surface area contributed by atoms with Crippen molar-refractivity contribution in [1.29, 1.82) is 0 Å². The standard InChI is InChI=1S/C14H23N3/c1-3-4-8-15-13-7-9-16-14(13)12-6-5-10-17(2)11-12/h6-7,15H,3-5,8-11H2,1-2H3. The van der Waals surface area contributed by atoms with Gasteiger partial charge >= 0.3 is 0 Å². The van der Waals surface area contributed by atoms with E-state index in [-0.39, 0.29) is 0 Å². The second kappa shape index (κ2) is 6.01. The van der Waals surface area contributed by atoms with Crippen molar-refractivity contribution in [2.24, 2.45) is 4.99 Å². The van der Waals surface area contributed by atoms with E-state index in [0.717, 1.165) is 26.1 Å². The number of likely N-dealkylation sites (N-methyl/N-ethyl adjacent to an activating group) is 1. The molecule has 0 bridgehead atoms. The topological polar surface area (TPSA) is 27.6 Å². The third-order valence-corrected chi connectivity index (χ3v) is 3.29. The lowest BCUT2D eigenvalue weighted by molar-refractivity contribution is 0.360. The van der Waals surface area contributed by atoms with E-state index in [1.807, 2.05) is 0 Å². The Kier molecular flexibility index (Phi) is 4.37. The average Bonchev–Trinajstić information content (AvgIpc) is 2.78. The van der Waals surface area contributed by atoms with Crippen LogP contribution in [0.2, 0.25) is 0 Å². The van der Waals surface area contributed by atoms with Crippen LogP contribution in [0.1, 0.15) is 26.2 Å². The summed E-state index contributed by atoms with van der Waals surface area (Å²) >= 11 is 0. The minimum atomic E-state index is 0.838. The smallest absolute Gasteiger partial charge is 0.0848 e. The summed E-state index contributed by atoms with van der Waals surface area (Å²) in [6.45, 7) is 6.32. The normalized spacial score (nSPS) is 20.9. The summed E-state index contributed by atoms with van der Waals surface area (Å²) in [7, 11) is 2.18. The van der Waals surface area contributed by atoms with E-state index in [2.05, 4.69) is 41.3 Å². The van der Waals surface area contributed by atoms with Gasteiger partial charge in [0.2, 0.25) is 0 Å². The predicted molar refractivity (Wildman–Crippen MR) is 73.5 cm³/mol. The van der Waals surface area contributed by atoms with Crippen LogP contribution in [0.3, 0.4) is 0 Å². The molecular formula is C14H23N3. The minimum absolute atomic E-state index is 0.838. The SMILES string of the molecule is CCCCNC1=CCN=C1C1=CCCN(C)C1. The molecule has 0 aromatic heterocycles. The highest BCUT2D eigenvalue weighted by Gasteiger charge is 2.19. The molecule has 3 heteroatoms. The van der Waals surface area contributed by atoms with Crippen molar-refractivity contribution in [3.05, 3.63) is 23.4 Å². The largest absolute Gasteiger partial charge is 0.384 e. The van der Waals surface area contributed by atoms with E-state index >= 15 is 0 Å². The van der Waals surface area contributed by atoms with Crippen LogP contribution in [0, 0.1) is 0 Å². The van der Waals surface area contributed by atoms with E-state index in [1.165, 1.54) is 36.4 Å². The predicted octanol–water partition coefficient (Wildman–Crippen LogP) is 1.98. The van der Waals surface area contributed by atoms with Crippen molar-refractivity contribution in [3.8, 4) is 0 Å². The van der Waals surface area contributed by atoms with Crippen LogP contribution in [-0.2, 0) is 0 Å². The molecule has 0 aliphatic carbocycles. The lowest BCUT2D eigenvalue weighted by Crippen LogP contribution is -2.31. The van der Waals surface area contributed by atoms with Crippen LogP contribution >= 0.6 is 0 Å². The summed E-state index contributed by atoms with van der Waals surface area (Å²) < 4.78 is 0. The maximum Gasteiger partial charge on any atom is 0.0848 e. The average molecular weight is 233 g/mol. The molecule has 0 unspecified atom stereocenters. The summed E-state index contributed by atoms with van der Waals surface area (Å²) in [6, 6.07) is 0. The third-order valence-electron chi connectivity index (χ3n) is 3.29. The zero-order chi connectivity index (χ0) is 12.1. The van der Waals surface area contributed by atoms with Crippen LogP contribution in [0.4, 0.5) is 0 Å². The molecule has 3 nitrogen and oxygen atoms in total. The lowest BCUT2D eigenvalue weighted by Gasteiger charge is -2.24. The summed E-state index contributed by atoms with van der Waals surface area (Å²) in [6.07, 6.45) is 8.16. The summed E-state index contributed by atoms with van der Waals surface area (Å²) in [5.74, 6) is 0. The Morgan fingerprint density at radius 2 is 2.29 bits per heavy atom. The molecule has 2 heterocycles. The number of aliphatic imine (C=N–C) groups is 1. The van der Waals surface area contributed by atoms with Crippen LogP contribution in [0.25, 0.3) is 0 Å². The quantitative estimate of drug-likeness (QED) is 0.735. The van der Waals surface area contributed by atoms with Gasteiger partial charge in [0.25, 0.3) is 0 Å². The molecule has 0 amide bonds. The Hall–Kier alpha value is -1.09. The summed E-state index contributed by atoms with van der Waals surface area (Å²) in [5.41, 5.74) is 3.85. The van der Waals surface area contributed by atoms with Gasteiger partial charge in [0.15, 0.2) is 0 Å². The number of hydrogen-bond acceptors (Lipinski definition) is 3. The first-order valence-electron chi connectivity index (χ1n) is 6.68. The zero-order valence-electron chi connectivity index (χ0n) is 11.0. The molecule has 0 saturated carbocycles. The van der Waals surface area contributed by atoms with Crippen molar-refractivity contribution in [1.82, 2.24) is 10.2 Å². The number of nitrogens with one attached hydrogen (secondary N) is 1. The highest BCUT2D eigenvalue weighted by atomic mass is 15.1. The molecule has 0 atom stereocenters. The van der Waals surface area contributed by atoms with Gasteiger partial charge < -0.3 is 10.2 Å². The van der Waals surface area contributed by atoms with E-state index in [4.69, 9.17) is 0 Å². The first-order chi connectivity index (χ1) is 8.31. The van der Waals surface area contributed by atoms with Gasteiger partial charge in [-0.05, 0) is 31.5 Å². The highest BCUT2D eigenvalue weighted by molar-refractivity contribution is 6.13. The first kappa shape index (κ1) is 12.4. The fraction of sp³-hybridized carbons (Fsp3) is 0.643. The third kappa shape index (κ3) is 3.19. The molecule has 0 aromatic carbocycles. The van der Waals surface area contributed by atoms with Crippen LogP contribution in [0.15, 0.2) is 28.4 Å². The van der Waals surface area contributed by atoms with Gasteiger partial charge in [-0.25, -0.2) is 0 Å². The molecule has 94 valence electrons. The van der Waals surface area contributed by atoms with Crippen molar-refractivity contribution < 1.29 is 0 Å². The van der Waals surface area contributed by atoms with Gasteiger partial charge in [-0.15, -0.1) is 0 Å². The molecule has 0 fully saturated rings. The molecule has 0 radical (unpaired) electrons. The van der Waals surface area contributed by atoms with Crippen molar-refractivity contribution >= 4 is 5.71 Å². The van der Waals surface area contributed by atoms with Crippen LogP contribution in [-0.4, -0.2) is 43.8 Å². The molecule has 0 spiro atoms. The second-order valence-corrected chi connectivity index (χ2v) is 4.84. The fourth-order valence-electron chi connectivity index (χ4n) is 2.31. The number of hydrogen-bond donors (Lipinski definition) is 1. The maximum absolute atomic E-state index is 4.62. The van der Waals surface area contributed by atoms with Crippen molar-refractivity contribution in [3.63, 3.8) is 0 Å². The van der Waals surface area contributed by atoms with Crippen molar-refractivity contribution in [2.45, 2.75) is 26.2 Å². The molecule has 2 aliphatic heterocycles.